The average molecular weight is 407 g/mol. The predicted octanol–water partition coefficient (Wildman–Crippen LogP) is 2.64. The molecule has 1 saturated carbocycles. The van der Waals surface area contributed by atoms with Crippen molar-refractivity contribution in [1.29, 1.82) is 0 Å². The average Bonchev–Trinajstić information content (AvgIpc) is 3.36. The lowest BCUT2D eigenvalue weighted by Crippen LogP contribution is -2.48. The van der Waals surface area contributed by atoms with Crippen LogP contribution in [0.3, 0.4) is 0 Å². The molecule has 25 heavy (non-hydrogen) atoms. The molecule has 136 valence electrons. The largest absolute Gasteiger partial charge is 0.370 e. The Bertz CT molecular complexity index is 657. The second-order valence-electron chi connectivity index (χ2n) is 7.32. The fraction of sp³-hybridized carbons (Fsp3) is 0.579. The van der Waals surface area contributed by atoms with E-state index >= 15 is 0 Å². The van der Waals surface area contributed by atoms with Crippen LogP contribution in [0, 0.1) is 5.92 Å². The van der Waals surface area contributed by atoms with E-state index in [0.717, 1.165) is 42.9 Å². The van der Waals surface area contributed by atoms with Crippen molar-refractivity contribution in [1.82, 2.24) is 10.2 Å². The van der Waals surface area contributed by atoms with Crippen LogP contribution in [0.1, 0.15) is 37.7 Å². The zero-order valence-electron chi connectivity index (χ0n) is 14.8. The molecule has 2 aliphatic rings. The molecule has 1 atom stereocenters. The van der Waals surface area contributed by atoms with E-state index in [1.807, 2.05) is 7.05 Å². The van der Waals surface area contributed by atoms with Crippen molar-refractivity contribution < 1.29 is 4.79 Å². The van der Waals surface area contributed by atoms with E-state index in [1.165, 1.54) is 18.4 Å². The number of rotatable bonds is 5. The van der Waals surface area contributed by atoms with Gasteiger partial charge in [-0.15, -0.1) is 0 Å². The highest BCUT2D eigenvalue weighted by molar-refractivity contribution is 9.10. The number of guanidine groups is 1. The number of hydrogen-bond donors (Lipinski definition) is 2. The Hall–Kier alpha value is -1.56. The molecule has 0 radical (unpaired) electrons. The van der Waals surface area contributed by atoms with Gasteiger partial charge in [-0.25, -0.2) is 0 Å². The molecule has 3 N–H and O–H groups in total. The first-order valence-electron chi connectivity index (χ1n) is 9.02. The molecule has 1 aromatic carbocycles. The third-order valence-electron chi connectivity index (χ3n) is 5.40. The third kappa shape index (κ3) is 4.54. The molecule has 6 heteroatoms. The summed E-state index contributed by atoms with van der Waals surface area (Å²) in [6, 6.07) is 8.61. The van der Waals surface area contributed by atoms with Gasteiger partial charge < -0.3 is 16.0 Å². The summed E-state index contributed by atoms with van der Waals surface area (Å²) in [4.78, 5) is 18.0. The van der Waals surface area contributed by atoms with E-state index in [9.17, 15) is 4.79 Å². The van der Waals surface area contributed by atoms with Gasteiger partial charge in [0, 0.05) is 43.0 Å². The molecular weight excluding hydrogens is 380 g/mol. The Kier molecular flexibility index (Phi) is 5.67. The van der Waals surface area contributed by atoms with E-state index in [2.05, 4.69) is 55.4 Å². The van der Waals surface area contributed by atoms with Crippen LogP contribution < -0.4 is 11.1 Å². The van der Waals surface area contributed by atoms with Gasteiger partial charge in [-0.2, -0.15) is 0 Å². The van der Waals surface area contributed by atoms with E-state index in [4.69, 9.17) is 5.73 Å². The molecule has 1 aromatic rings. The number of primary amides is 1. The summed E-state index contributed by atoms with van der Waals surface area (Å²) >= 11 is 3.57. The minimum Gasteiger partial charge on any atom is -0.370 e. The molecular formula is C19H27BrN4O. The first-order chi connectivity index (χ1) is 12.0. The standard InChI is InChI=1S/C19H27BrN4O/c1-22-18(24-9-3-4-14(12-24)10-17(21)25)23-13-19(7-8-19)15-5-2-6-16(20)11-15/h2,5-6,11,14H,3-4,7-10,12-13H2,1H3,(H2,21,25)(H,22,23). The summed E-state index contributed by atoms with van der Waals surface area (Å²) in [5.41, 5.74) is 6.98. The fourth-order valence-electron chi connectivity index (χ4n) is 3.83. The van der Waals surface area contributed by atoms with E-state index in [-0.39, 0.29) is 11.3 Å². The summed E-state index contributed by atoms with van der Waals surface area (Å²) in [5, 5.41) is 3.58. The summed E-state index contributed by atoms with van der Waals surface area (Å²) in [5.74, 6) is 1.07. The van der Waals surface area contributed by atoms with Gasteiger partial charge in [0.05, 0.1) is 0 Å². The minimum atomic E-state index is -0.207. The van der Waals surface area contributed by atoms with Gasteiger partial charge in [0.15, 0.2) is 5.96 Å². The van der Waals surface area contributed by atoms with E-state index < -0.39 is 0 Å². The maximum Gasteiger partial charge on any atom is 0.217 e. The topological polar surface area (TPSA) is 70.7 Å². The number of carbonyl (C=O) groups is 1. The summed E-state index contributed by atoms with van der Waals surface area (Å²) in [6.07, 6.45) is 5.03. The monoisotopic (exact) mass is 406 g/mol. The zero-order chi connectivity index (χ0) is 17.9. The van der Waals surface area contributed by atoms with Crippen LogP contribution in [-0.4, -0.2) is 43.4 Å². The maximum absolute atomic E-state index is 11.2. The van der Waals surface area contributed by atoms with Crippen molar-refractivity contribution in [2.75, 3.05) is 26.7 Å². The van der Waals surface area contributed by atoms with Gasteiger partial charge in [0.1, 0.15) is 0 Å². The van der Waals surface area contributed by atoms with E-state index in [1.54, 1.807) is 0 Å². The van der Waals surface area contributed by atoms with Crippen LogP contribution in [0.4, 0.5) is 0 Å². The number of piperidine rings is 1. The number of halogens is 1. The molecule has 1 aliphatic heterocycles. The second kappa shape index (κ2) is 7.77. The smallest absolute Gasteiger partial charge is 0.217 e. The molecule has 1 aliphatic carbocycles. The number of hydrogen-bond acceptors (Lipinski definition) is 2. The number of carbonyl (C=O) groups excluding carboxylic acids is 1. The molecule has 1 saturated heterocycles. The first-order valence-corrected chi connectivity index (χ1v) is 9.82. The van der Waals surface area contributed by atoms with Crippen LogP contribution in [-0.2, 0) is 10.2 Å². The zero-order valence-corrected chi connectivity index (χ0v) is 16.4. The fourth-order valence-corrected chi connectivity index (χ4v) is 4.23. The molecule has 1 heterocycles. The van der Waals surface area contributed by atoms with Gasteiger partial charge in [-0.1, -0.05) is 28.1 Å². The van der Waals surface area contributed by atoms with Crippen LogP contribution in [0.2, 0.25) is 0 Å². The molecule has 0 spiro atoms. The molecule has 1 amide bonds. The Morgan fingerprint density at radius 1 is 1.48 bits per heavy atom. The number of nitrogens with one attached hydrogen (secondary N) is 1. The molecule has 3 rings (SSSR count). The van der Waals surface area contributed by atoms with Crippen LogP contribution in [0.15, 0.2) is 33.7 Å². The predicted molar refractivity (Wildman–Crippen MR) is 105 cm³/mol. The number of aliphatic imine (C=N–C) groups is 1. The Morgan fingerprint density at radius 3 is 2.92 bits per heavy atom. The second-order valence-corrected chi connectivity index (χ2v) is 8.23. The van der Waals surface area contributed by atoms with Crippen molar-refractivity contribution in [2.24, 2.45) is 16.6 Å². The Balaban J connectivity index is 1.60. The molecule has 1 unspecified atom stereocenters. The van der Waals surface area contributed by atoms with E-state index in [0.29, 0.717) is 12.3 Å². The molecule has 2 fully saturated rings. The SMILES string of the molecule is CN=C(NCC1(c2cccc(Br)c2)CC1)N1CCCC(CC(N)=O)C1. The van der Waals surface area contributed by atoms with Gasteiger partial charge in [-0.3, -0.25) is 9.79 Å². The van der Waals surface area contributed by atoms with Gasteiger partial charge in [0.2, 0.25) is 5.91 Å². The van der Waals surface area contributed by atoms with Crippen molar-refractivity contribution in [3.8, 4) is 0 Å². The summed E-state index contributed by atoms with van der Waals surface area (Å²) < 4.78 is 1.13. The molecule has 0 aromatic heterocycles. The van der Waals surface area contributed by atoms with Crippen LogP contribution in [0.25, 0.3) is 0 Å². The highest BCUT2D eigenvalue weighted by Gasteiger charge is 2.44. The highest BCUT2D eigenvalue weighted by Crippen LogP contribution is 2.48. The van der Waals surface area contributed by atoms with Crippen molar-refractivity contribution in [2.45, 2.75) is 37.5 Å². The van der Waals surface area contributed by atoms with Crippen molar-refractivity contribution >= 4 is 27.8 Å². The minimum absolute atomic E-state index is 0.207. The molecule has 5 nitrogen and oxygen atoms in total. The van der Waals surface area contributed by atoms with Crippen molar-refractivity contribution in [3.63, 3.8) is 0 Å². The first kappa shape index (κ1) is 18.2. The Labute approximate surface area is 158 Å². The summed E-state index contributed by atoms with van der Waals surface area (Å²) in [7, 11) is 1.83. The number of nitrogens with zero attached hydrogens (tertiary/aromatic N) is 2. The maximum atomic E-state index is 11.2. The van der Waals surface area contributed by atoms with Crippen molar-refractivity contribution in [3.05, 3.63) is 34.3 Å². The highest BCUT2D eigenvalue weighted by atomic mass is 79.9. The van der Waals surface area contributed by atoms with Gasteiger partial charge >= 0.3 is 0 Å². The van der Waals surface area contributed by atoms with Crippen LogP contribution in [0.5, 0.6) is 0 Å². The Morgan fingerprint density at radius 2 is 2.28 bits per heavy atom. The number of likely N-dealkylation sites (tertiary alicyclic amines) is 1. The van der Waals surface area contributed by atoms with Gasteiger partial charge in [-0.05, 0) is 49.3 Å². The lowest BCUT2D eigenvalue weighted by atomic mass is 9.94. The number of nitrogens with two attached hydrogens (primary N) is 1. The van der Waals surface area contributed by atoms with Crippen LogP contribution >= 0.6 is 15.9 Å². The lowest BCUT2D eigenvalue weighted by Gasteiger charge is -2.35. The summed E-state index contributed by atoms with van der Waals surface area (Å²) in [6.45, 7) is 2.73. The lowest BCUT2D eigenvalue weighted by molar-refractivity contribution is -0.119. The number of amides is 1. The third-order valence-corrected chi connectivity index (χ3v) is 5.89. The molecule has 0 bridgehead atoms. The quantitative estimate of drug-likeness (QED) is 0.583. The van der Waals surface area contributed by atoms with Gasteiger partial charge in [0.25, 0.3) is 0 Å². The number of benzene rings is 1. The normalized spacial score (nSPS) is 22.6.